The minimum Gasteiger partial charge on any atom is -0.370 e. The average Bonchev–Trinajstić information content (AvgIpc) is 2.47. The number of hydrogen-bond donors (Lipinski definition) is 2. The lowest BCUT2D eigenvalue weighted by molar-refractivity contribution is 0.0937. The van der Waals surface area contributed by atoms with Crippen molar-refractivity contribution >= 4 is 23.3 Å². The molecule has 0 spiro atoms. The summed E-state index contributed by atoms with van der Waals surface area (Å²) in [6.07, 6.45) is 3.87. The van der Waals surface area contributed by atoms with Gasteiger partial charge in [-0.15, -0.1) is 0 Å². The first-order valence-electron chi connectivity index (χ1n) is 7.46. The first-order valence-corrected chi connectivity index (χ1v) is 7.84. The van der Waals surface area contributed by atoms with E-state index in [4.69, 9.17) is 11.6 Å². The van der Waals surface area contributed by atoms with E-state index in [0.717, 1.165) is 26.1 Å². The molecule has 1 saturated heterocycles. The second-order valence-electron chi connectivity index (χ2n) is 5.56. The fraction of sp³-hybridized carbons (Fsp3) is 0.600. The number of pyridine rings is 1. The van der Waals surface area contributed by atoms with E-state index in [-0.39, 0.29) is 5.91 Å². The molecular weight excluding hydrogens is 288 g/mol. The highest BCUT2D eigenvalue weighted by molar-refractivity contribution is 6.33. The van der Waals surface area contributed by atoms with Gasteiger partial charge in [-0.1, -0.05) is 11.6 Å². The molecule has 2 heterocycles. The highest BCUT2D eigenvalue weighted by atomic mass is 35.5. The van der Waals surface area contributed by atoms with Crippen LogP contribution in [0, 0.1) is 5.92 Å². The van der Waals surface area contributed by atoms with Crippen molar-refractivity contribution in [3.8, 4) is 0 Å². The van der Waals surface area contributed by atoms with Crippen LogP contribution in [0.3, 0.4) is 0 Å². The predicted octanol–water partition coefficient (Wildman–Crippen LogP) is 2.24. The number of anilines is 1. The third-order valence-corrected chi connectivity index (χ3v) is 4.03. The van der Waals surface area contributed by atoms with Gasteiger partial charge in [0, 0.05) is 25.8 Å². The minimum atomic E-state index is -0.130. The van der Waals surface area contributed by atoms with Gasteiger partial charge in [-0.05, 0) is 45.3 Å². The molecule has 0 radical (unpaired) electrons. The van der Waals surface area contributed by atoms with Crippen LogP contribution in [0.4, 0.5) is 5.82 Å². The second kappa shape index (κ2) is 7.61. The lowest BCUT2D eigenvalue weighted by Gasteiger charge is -2.29. The molecule has 1 aliphatic rings. The highest BCUT2D eigenvalue weighted by Crippen LogP contribution is 2.19. The number of nitrogens with one attached hydrogen (secondary N) is 2. The number of aromatic nitrogens is 1. The van der Waals surface area contributed by atoms with Crippen molar-refractivity contribution < 1.29 is 4.79 Å². The molecule has 0 saturated carbocycles. The molecule has 6 heteroatoms. The molecule has 5 nitrogen and oxygen atoms in total. The number of piperidine rings is 1. The molecule has 0 aliphatic carbocycles. The molecule has 116 valence electrons. The maximum atomic E-state index is 12.3. The third kappa shape index (κ3) is 4.58. The maximum Gasteiger partial charge on any atom is 0.253 e. The van der Waals surface area contributed by atoms with Gasteiger partial charge in [-0.3, -0.25) is 4.79 Å². The number of likely N-dealkylation sites (tertiary alicyclic amines) is 1. The maximum absolute atomic E-state index is 12.3. The van der Waals surface area contributed by atoms with Crippen LogP contribution in [0.1, 0.15) is 30.1 Å². The second-order valence-corrected chi connectivity index (χ2v) is 5.97. The number of hydrogen-bond acceptors (Lipinski definition) is 4. The Kier molecular flexibility index (Phi) is 5.82. The van der Waals surface area contributed by atoms with E-state index in [2.05, 4.69) is 27.6 Å². The predicted molar refractivity (Wildman–Crippen MR) is 86.0 cm³/mol. The number of halogens is 1. The minimum absolute atomic E-state index is 0.130. The van der Waals surface area contributed by atoms with Crippen molar-refractivity contribution in [1.82, 2.24) is 15.2 Å². The van der Waals surface area contributed by atoms with E-state index in [1.165, 1.54) is 12.6 Å². The molecule has 1 aliphatic heterocycles. The number of carbonyl (C=O) groups excluding carboxylic acids is 1. The van der Waals surface area contributed by atoms with Crippen LogP contribution >= 0.6 is 11.6 Å². The van der Waals surface area contributed by atoms with Crippen molar-refractivity contribution in [2.75, 3.05) is 38.5 Å². The first-order chi connectivity index (χ1) is 10.1. The zero-order chi connectivity index (χ0) is 15.2. The molecule has 2 N–H and O–H groups in total. The van der Waals surface area contributed by atoms with Crippen LogP contribution in [0.15, 0.2) is 12.3 Å². The first kappa shape index (κ1) is 16.0. The van der Waals surface area contributed by atoms with Crippen molar-refractivity contribution in [2.24, 2.45) is 5.92 Å². The molecule has 1 aromatic rings. The summed E-state index contributed by atoms with van der Waals surface area (Å²) in [4.78, 5) is 18.7. The van der Waals surface area contributed by atoms with Gasteiger partial charge in [0.1, 0.15) is 5.82 Å². The SMILES string of the molecule is CCNc1cc(C(=O)NCC2CCCN(C)C2)c(Cl)cn1. The fourth-order valence-electron chi connectivity index (χ4n) is 2.66. The monoisotopic (exact) mass is 310 g/mol. The van der Waals surface area contributed by atoms with Crippen molar-refractivity contribution in [2.45, 2.75) is 19.8 Å². The molecule has 21 heavy (non-hydrogen) atoms. The Morgan fingerprint density at radius 2 is 2.38 bits per heavy atom. The number of nitrogens with zero attached hydrogens (tertiary/aromatic N) is 2. The van der Waals surface area contributed by atoms with Crippen molar-refractivity contribution in [1.29, 1.82) is 0 Å². The van der Waals surface area contributed by atoms with Crippen LogP contribution in [-0.2, 0) is 0 Å². The van der Waals surface area contributed by atoms with Gasteiger partial charge in [-0.2, -0.15) is 0 Å². The van der Waals surface area contributed by atoms with Gasteiger partial charge in [-0.25, -0.2) is 4.98 Å². The van der Waals surface area contributed by atoms with Crippen LogP contribution in [0.25, 0.3) is 0 Å². The van der Waals surface area contributed by atoms with Crippen LogP contribution < -0.4 is 10.6 Å². The average molecular weight is 311 g/mol. The quantitative estimate of drug-likeness (QED) is 0.876. The summed E-state index contributed by atoms with van der Waals surface area (Å²) < 4.78 is 0. The van der Waals surface area contributed by atoms with Gasteiger partial charge in [0.05, 0.1) is 10.6 Å². The molecule has 0 aromatic carbocycles. The van der Waals surface area contributed by atoms with E-state index in [0.29, 0.717) is 28.9 Å². The van der Waals surface area contributed by atoms with Crippen LogP contribution in [0.5, 0.6) is 0 Å². The lowest BCUT2D eigenvalue weighted by Crippen LogP contribution is -2.39. The normalized spacial score (nSPS) is 19.3. The van der Waals surface area contributed by atoms with Gasteiger partial charge < -0.3 is 15.5 Å². The molecule has 1 amide bonds. The molecule has 1 unspecified atom stereocenters. The van der Waals surface area contributed by atoms with Crippen molar-refractivity contribution in [3.05, 3.63) is 22.8 Å². The molecule has 0 bridgehead atoms. The molecule has 1 aromatic heterocycles. The Bertz CT molecular complexity index is 495. The highest BCUT2D eigenvalue weighted by Gasteiger charge is 2.19. The molecule has 1 fully saturated rings. The smallest absolute Gasteiger partial charge is 0.253 e. The molecule has 1 atom stereocenters. The van der Waals surface area contributed by atoms with Gasteiger partial charge >= 0.3 is 0 Å². The summed E-state index contributed by atoms with van der Waals surface area (Å²) >= 11 is 6.08. The van der Waals surface area contributed by atoms with E-state index in [9.17, 15) is 4.79 Å². The zero-order valence-corrected chi connectivity index (χ0v) is 13.4. The number of amides is 1. The van der Waals surface area contributed by atoms with E-state index >= 15 is 0 Å². The van der Waals surface area contributed by atoms with Crippen molar-refractivity contribution in [3.63, 3.8) is 0 Å². The molecule has 2 rings (SSSR count). The third-order valence-electron chi connectivity index (χ3n) is 3.73. The van der Waals surface area contributed by atoms with E-state index in [1.54, 1.807) is 6.07 Å². The Morgan fingerprint density at radius 1 is 1.57 bits per heavy atom. The van der Waals surface area contributed by atoms with Gasteiger partial charge in [0.2, 0.25) is 0 Å². The topological polar surface area (TPSA) is 57.3 Å². The van der Waals surface area contributed by atoms with E-state index in [1.807, 2.05) is 6.92 Å². The summed E-state index contributed by atoms with van der Waals surface area (Å²) in [5, 5.41) is 6.46. The summed E-state index contributed by atoms with van der Waals surface area (Å²) in [7, 11) is 2.12. The van der Waals surface area contributed by atoms with E-state index < -0.39 is 0 Å². The number of carbonyl (C=O) groups is 1. The van der Waals surface area contributed by atoms with Crippen LogP contribution in [-0.4, -0.2) is 49.0 Å². The Balaban J connectivity index is 1.94. The standard InChI is InChI=1S/C15H23ClN4O/c1-3-17-14-7-12(13(16)9-18-14)15(21)19-8-11-5-4-6-20(2)10-11/h7,9,11H,3-6,8,10H2,1-2H3,(H,17,18)(H,19,21). The fourth-order valence-corrected chi connectivity index (χ4v) is 2.85. The summed E-state index contributed by atoms with van der Waals surface area (Å²) in [5.41, 5.74) is 0.479. The molecular formula is C15H23ClN4O. The van der Waals surface area contributed by atoms with Crippen LogP contribution in [0.2, 0.25) is 5.02 Å². The lowest BCUT2D eigenvalue weighted by atomic mass is 9.98. The Morgan fingerprint density at radius 3 is 3.10 bits per heavy atom. The summed E-state index contributed by atoms with van der Waals surface area (Å²) in [6.45, 7) is 5.61. The largest absolute Gasteiger partial charge is 0.370 e. The Hall–Kier alpha value is -1.33. The summed E-state index contributed by atoms with van der Waals surface area (Å²) in [6, 6.07) is 1.70. The zero-order valence-electron chi connectivity index (χ0n) is 12.7. The van der Waals surface area contributed by atoms with Gasteiger partial charge in [0.15, 0.2) is 0 Å². The number of rotatable bonds is 5. The Labute approximate surface area is 131 Å². The van der Waals surface area contributed by atoms with Gasteiger partial charge in [0.25, 0.3) is 5.91 Å². The summed E-state index contributed by atoms with van der Waals surface area (Å²) in [5.74, 6) is 1.06.